The monoisotopic (exact) mass is 427 g/mol. The number of pyridine rings is 1. The number of ether oxygens (including phenoxy) is 1. The second-order valence-electron chi connectivity index (χ2n) is 5.46. The molecule has 2 heterocycles. The molecule has 0 aliphatic carbocycles. The number of nitro groups is 1. The third kappa shape index (κ3) is 3.97. The van der Waals surface area contributed by atoms with Gasteiger partial charge in [-0.1, -0.05) is 0 Å². The van der Waals surface area contributed by atoms with E-state index in [1.807, 2.05) is 0 Å². The molecule has 1 aromatic carbocycles. The predicted molar refractivity (Wildman–Crippen MR) is 92.8 cm³/mol. The van der Waals surface area contributed by atoms with Crippen LogP contribution in [0.4, 0.5) is 5.69 Å². The van der Waals surface area contributed by atoms with E-state index < -0.39 is 14.9 Å². The lowest BCUT2D eigenvalue weighted by Crippen LogP contribution is -2.31. The molecular formula is C15H14BrN3O5S. The first-order valence-corrected chi connectivity index (χ1v) is 9.62. The summed E-state index contributed by atoms with van der Waals surface area (Å²) in [5.41, 5.74) is -0.150. The molecule has 1 saturated heterocycles. The Labute approximate surface area is 152 Å². The van der Waals surface area contributed by atoms with Gasteiger partial charge in [0, 0.05) is 35.4 Å². The van der Waals surface area contributed by atoms with Crippen molar-refractivity contribution in [3.63, 3.8) is 0 Å². The first kappa shape index (κ1) is 17.8. The Morgan fingerprint density at radius 1 is 1.24 bits per heavy atom. The molecule has 1 aliphatic rings. The van der Waals surface area contributed by atoms with Gasteiger partial charge in [0.05, 0.1) is 16.4 Å². The van der Waals surface area contributed by atoms with E-state index >= 15 is 0 Å². The summed E-state index contributed by atoms with van der Waals surface area (Å²) < 4.78 is 33.1. The van der Waals surface area contributed by atoms with E-state index in [-0.39, 0.29) is 23.2 Å². The number of benzene rings is 1. The van der Waals surface area contributed by atoms with Crippen LogP contribution in [-0.2, 0) is 10.0 Å². The Bertz CT molecular complexity index is 871. The molecule has 132 valence electrons. The van der Waals surface area contributed by atoms with Crippen LogP contribution in [0.25, 0.3) is 0 Å². The fourth-order valence-electron chi connectivity index (χ4n) is 2.50. The van der Waals surface area contributed by atoms with Gasteiger partial charge in [-0.05, 0) is 40.5 Å². The van der Waals surface area contributed by atoms with Gasteiger partial charge in [0.1, 0.15) is 6.10 Å². The number of nitro benzene ring substituents is 1. The number of aromatic nitrogens is 1. The molecule has 0 N–H and O–H groups in total. The summed E-state index contributed by atoms with van der Waals surface area (Å²) in [6.07, 6.45) is 1.86. The van der Waals surface area contributed by atoms with Crippen molar-refractivity contribution in [1.82, 2.24) is 9.29 Å². The van der Waals surface area contributed by atoms with Crippen molar-refractivity contribution in [1.29, 1.82) is 0 Å². The second-order valence-corrected chi connectivity index (χ2v) is 8.31. The number of hydrogen-bond donors (Lipinski definition) is 0. The highest BCUT2D eigenvalue weighted by Gasteiger charge is 2.34. The van der Waals surface area contributed by atoms with Gasteiger partial charge in [0.25, 0.3) is 5.69 Å². The van der Waals surface area contributed by atoms with Crippen LogP contribution in [0.2, 0.25) is 0 Å². The number of hydrogen-bond acceptors (Lipinski definition) is 6. The summed E-state index contributed by atoms with van der Waals surface area (Å²) in [5, 5.41) is 10.7. The van der Waals surface area contributed by atoms with Gasteiger partial charge in [0.2, 0.25) is 15.9 Å². The molecule has 3 rings (SSSR count). The average molecular weight is 428 g/mol. The fraction of sp³-hybridized carbons (Fsp3) is 0.267. The number of halogens is 1. The van der Waals surface area contributed by atoms with E-state index in [9.17, 15) is 18.5 Å². The molecule has 2 aromatic rings. The molecule has 1 atom stereocenters. The Morgan fingerprint density at radius 2 is 1.96 bits per heavy atom. The van der Waals surface area contributed by atoms with Crippen LogP contribution in [0.3, 0.4) is 0 Å². The molecule has 0 radical (unpaired) electrons. The van der Waals surface area contributed by atoms with E-state index in [2.05, 4.69) is 20.9 Å². The van der Waals surface area contributed by atoms with Crippen molar-refractivity contribution >= 4 is 31.6 Å². The smallest absolute Gasteiger partial charge is 0.269 e. The van der Waals surface area contributed by atoms with Gasteiger partial charge in [-0.3, -0.25) is 10.1 Å². The zero-order valence-electron chi connectivity index (χ0n) is 12.9. The molecule has 10 heteroatoms. The quantitative estimate of drug-likeness (QED) is 0.536. The summed E-state index contributed by atoms with van der Waals surface area (Å²) in [4.78, 5) is 14.2. The van der Waals surface area contributed by atoms with Gasteiger partial charge in [-0.25, -0.2) is 13.4 Å². The summed E-state index contributed by atoms with van der Waals surface area (Å²) in [6.45, 7) is 0.525. The first-order valence-electron chi connectivity index (χ1n) is 7.39. The van der Waals surface area contributed by atoms with Crippen molar-refractivity contribution in [3.8, 4) is 5.88 Å². The van der Waals surface area contributed by atoms with E-state index in [1.54, 1.807) is 18.3 Å². The van der Waals surface area contributed by atoms with Crippen molar-refractivity contribution < 1.29 is 18.1 Å². The predicted octanol–water partition coefficient (Wildman–Crippen LogP) is 2.59. The molecule has 25 heavy (non-hydrogen) atoms. The first-order chi connectivity index (χ1) is 11.9. The lowest BCUT2D eigenvalue weighted by molar-refractivity contribution is -0.384. The molecule has 0 amide bonds. The van der Waals surface area contributed by atoms with E-state index in [0.717, 1.165) is 4.47 Å². The van der Waals surface area contributed by atoms with Crippen LogP contribution in [0.15, 0.2) is 52.0 Å². The number of nitrogens with zero attached hydrogens (tertiary/aromatic N) is 3. The standard InChI is InChI=1S/C15H14BrN3O5S/c16-11-1-6-15(17-9-11)24-13-7-8-18(10-13)25(22,23)14-4-2-12(3-5-14)19(20)21/h1-6,9,13H,7-8,10H2. The lowest BCUT2D eigenvalue weighted by atomic mass is 10.3. The SMILES string of the molecule is O=[N+]([O-])c1ccc(S(=O)(=O)N2CCC(Oc3ccc(Br)cn3)C2)cc1. The highest BCUT2D eigenvalue weighted by Crippen LogP contribution is 2.25. The minimum atomic E-state index is -3.71. The minimum Gasteiger partial charge on any atom is -0.473 e. The Hall–Kier alpha value is -2.04. The van der Waals surface area contributed by atoms with Crippen LogP contribution in [0, 0.1) is 10.1 Å². The molecule has 0 saturated carbocycles. The largest absolute Gasteiger partial charge is 0.473 e. The zero-order valence-corrected chi connectivity index (χ0v) is 15.3. The Kier molecular flexibility index (Phi) is 5.02. The average Bonchev–Trinajstić information content (AvgIpc) is 3.06. The van der Waals surface area contributed by atoms with Crippen LogP contribution in [0.5, 0.6) is 5.88 Å². The summed E-state index contributed by atoms with van der Waals surface area (Å²) in [5.74, 6) is 0.433. The van der Waals surface area contributed by atoms with Gasteiger partial charge in [-0.15, -0.1) is 0 Å². The van der Waals surface area contributed by atoms with Crippen LogP contribution in [0.1, 0.15) is 6.42 Å². The maximum atomic E-state index is 12.6. The van der Waals surface area contributed by atoms with Crippen molar-refractivity contribution in [2.24, 2.45) is 0 Å². The molecule has 0 spiro atoms. The van der Waals surface area contributed by atoms with E-state index in [4.69, 9.17) is 4.74 Å². The van der Waals surface area contributed by atoms with Crippen LogP contribution in [-0.4, -0.2) is 41.8 Å². The zero-order chi connectivity index (χ0) is 18.0. The van der Waals surface area contributed by atoms with Crippen LogP contribution >= 0.6 is 15.9 Å². The van der Waals surface area contributed by atoms with E-state index in [1.165, 1.54) is 28.6 Å². The van der Waals surface area contributed by atoms with Gasteiger partial charge in [-0.2, -0.15) is 4.31 Å². The van der Waals surface area contributed by atoms with Crippen molar-refractivity contribution in [2.45, 2.75) is 17.4 Å². The molecule has 1 unspecified atom stereocenters. The maximum Gasteiger partial charge on any atom is 0.269 e. The fourth-order valence-corrected chi connectivity index (χ4v) is 4.22. The molecule has 0 bridgehead atoms. The number of rotatable bonds is 5. The molecular weight excluding hydrogens is 414 g/mol. The van der Waals surface area contributed by atoms with E-state index in [0.29, 0.717) is 18.8 Å². The highest BCUT2D eigenvalue weighted by atomic mass is 79.9. The molecule has 8 nitrogen and oxygen atoms in total. The maximum absolute atomic E-state index is 12.6. The summed E-state index contributed by atoms with van der Waals surface area (Å²) in [6, 6.07) is 8.36. The molecule has 1 aromatic heterocycles. The molecule has 1 fully saturated rings. The number of non-ortho nitro benzene ring substituents is 1. The minimum absolute atomic E-state index is 0.0283. The Morgan fingerprint density at radius 3 is 2.56 bits per heavy atom. The van der Waals surface area contributed by atoms with Gasteiger partial charge >= 0.3 is 0 Å². The van der Waals surface area contributed by atoms with Crippen LogP contribution < -0.4 is 4.74 Å². The van der Waals surface area contributed by atoms with Gasteiger partial charge in [0.15, 0.2) is 0 Å². The third-order valence-corrected chi connectivity index (χ3v) is 6.13. The summed E-state index contributed by atoms with van der Waals surface area (Å²) in [7, 11) is -3.71. The second kappa shape index (κ2) is 7.06. The Balaban J connectivity index is 1.69. The highest BCUT2D eigenvalue weighted by molar-refractivity contribution is 9.10. The lowest BCUT2D eigenvalue weighted by Gasteiger charge is -2.17. The van der Waals surface area contributed by atoms with Gasteiger partial charge < -0.3 is 4.74 Å². The number of sulfonamides is 1. The topological polar surface area (TPSA) is 103 Å². The van der Waals surface area contributed by atoms with Crippen molar-refractivity contribution in [2.75, 3.05) is 13.1 Å². The normalized spacial score (nSPS) is 18.2. The van der Waals surface area contributed by atoms with Crippen molar-refractivity contribution in [3.05, 3.63) is 57.2 Å². The molecule has 1 aliphatic heterocycles. The third-order valence-electron chi connectivity index (χ3n) is 3.78. The summed E-state index contributed by atoms with van der Waals surface area (Å²) >= 11 is 3.29.